The summed E-state index contributed by atoms with van der Waals surface area (Å²) in [6, 6.07) is 6.19. The molecule has 3 nitrogen and oxygen atoms in total. The third-order valence-corrected chi connectivity index (χ3v) is 3.99. The zero-order valence-corrected chi connectivity index (χ0v) is 12.5. The average Bonchev–Trinajstić information content (AvgIpc) is 2.84. The van der Waals surface area contributed by atoms with Gasteiger partial charge in [-0.3, -0.25) is 0 Å². The first-order valence-corrected chi connectivity index (χ1v) is 7.21. The summed E-state index contributed by atoms with van der Waals surface area (Å²) in [5, 5.41) is 3.41. The van der Waals surface area contributed by atoms with Gasteiger partial charge in [-0.25, -0.2) is 0 Å². The molecule has 2 rings (SSSR count). The van der Waals surface area contributed by atoms with Crippen LogP contribution in [0.1, 0.15) is 25.0 Å². The van der Waals surface area contributed by atoms with Gasteiger partial charge in [-0.05, 0) is 46.6 Å². The molecule has 1 aromatic carbocycles. The molecular weight excluding hydrogens is 294 g/mol. The highest BCUT2D eigenvalue weighted by Gasteiger charge is 2.29. The van der Waals surface area contributed by atoms with Crippen molar-refractivity contribution in [1.29, 1.82) is 0 Å². The van der Waals surface area contributed by atoms with Crippen LogP contribution in [0.5, 0.6) is 5.75 Å². The highest BCUT2D eigenvalue weighted by Crippen LogP contribution is 2.37. The van der Waals surface area contributed by atoms with Crippen LogP contribution in [0.4, 0.5) is 0 Å². The molecule has 1 aromatic rings. The molecule has 100 valence electrons. The first-order chi connectivity index (χ1) is 8.76. The normalized spacial score (nSPS) is 23.3. The van der Waals surface area contributed by atoms with Gasteiger partial charge in [0, 0.05) is 19.1 Å². The van der Waals surface area contributed by atoms with Gasteiger partial charge in [0.25, 0.3) is 0 Å². The van der Waals surface area contributed by atoms with Crippen LogP contribution in [0.3, 0.4) is 0 Å². The molecule has 0 aromatic heterocycles. The zero-order chi connectivity index (χ0) is 13.0. The van der Waals surface area contributed by atoms with Crippen LogP contribution in [-0.2, 0) is 4.74 Å². The van der Waals surface area contributed by atoms with Gasteiger partial charge in [-0.2, -0.15) is 0 Å². The van der Waals surface area contributed by atoms with Crippen molar-refractivity contribution in [2.24, 2.45) is 5.92 Å². The number of hydrogen-bond acceptors (Lipinski definition) is 3. The van der Waals surface area contributed by atoms with Gasteiger partial charge in [0.05, 0.1) is 17.7 Å². The van der Waals surface area contributed by atoms with Crippen molar-refractivity contribution in [3.05, 3.63) is 28.2 Å². The minimum absolute atomic E-state index is 0.200. The van der Waals surface area contributed by atoms with Crippen LogP contribution in [0.15, 0.2) is 22.7 Å². The summed E-state index contributed by atoms with van der Waals surface area (Å²) in [7, 11) is 1.68. The Morgan fingerprint density at radius 3 is 3.00 bits per heavy atom. The van der Waals surface area contributed by atoms with E-state index in [1.165, 1.54) is 5.56 Å². The van der Waals surface area contributed by atoms with Crippen LogP contribution in [0.25, 0.3) is 0 Å². The Bertz CT molecular complexity index is 397. The predicted octanol–water partition coefficient (Wildman–Crippen LogP) is 3.14. The molecule has 0 spiro atoms. The molecule has 0 radical (unpaired) electrons. The van der Waals surface area contributed by atoms with E-state index >= 15 is 0 Å². The summed E-state index contributed by atoms with van der Waals surface area (Å²) >= 11 is 3.53. The Hall–Kier alpha value is -0.580. The van der Waals surface area contributed by atoms with Gasteiger partial charge in [0.15, 0.2) is 0 Å². The molecule has 2 unspecified atom stereocenters. The van der Waals surface area contributed by atoms with Crippen molar-refractivity contribution in [3.8, 4) is 5.75 Å². The number of hydrogen-bond donors (Lipinski definition) is 1. The molecule has 2 atom stereocenters. The average molecular weight is 314 g/mol. The van der Waals surface area contributed by atoms with E-state index in [-0.39, 0.29) is 6.10 Å². The van der Waals surface area contributed by atoms with E-state index in [4.69, 9.17) is 9.47 Å². The quantitative estimate of drug-likeness (QED) is 0.906. The van der Waals surface area contributed by atoms with E-state index in [1.807, 2.05) is 6.07 Å². The van der Waals surface area contributed by atoms with E-state index < -0.39 is 0 Å². The number of halogens is 1. The number of ether oxygens (including phenoxy) is 2. The van der Waals surface area contributed by atoms with E-state index in [2.05, 4.69) is 40.3 Å². The molecule has 0 saturated carbocycles. The number of rotatable bonds is 5. The Kier molecular flexibility index (Phi) is 5.03. The second-order valence-corrected chi connectivity index (χ2v) is 5.40. The van der Waals surface area contributed by atoms with Gasteiger partial charge in [0.2, 0.25) is 0 Å². The van der Waals surface area contributed by atoms with Crippen LogP contribution < -0.4 is 10.1 Å². The van der Waals surface area contributed by atoms with Crippen LogP contribution in [0, 0.1) is 5.92 Å². The Labute approximate surface area is 117 Å². The highest BCUT2D eigenvalue weighted by molar-refractivity contribution is 9.10. The van der Waals surface area contributed by atoms with Crippen LogP contribution in [-0.4, -0.2) is 26.8 Å². The lowest BCUT2D eigenvalue weighted by atomic mass is 9.95. The largest absolute Gasteiger partial charge is 0.496 e. The van der Waals surface area contributed by atoms with Gasteiger partial charge in [-0.1, -0.05) is 13.0 Å². The molecule has 18 heavy (non-hydrogen) atoms. The van der Waals surface area contributed by atoms with Crippen LogP contribution >= 0.6 is 15.9 Å². The van der Waals surface area contributed by atoms with Gasteiger partial charge in [-0.15, -0.1) is 0 Å². The maximum absolute atomic E-state index is 5.88. The van der Waals surface area contributed by atoms with Crippen molar-refractivity contribution < 1.29 is 9.47 Å². The minimum atomic E-state index is 0.200. The van der Waals surface area contributed by atoms with Gasteiger partial charge in [0.1, 0.15) is 5.75 Å². The summed E-state index contributed by atoms with van der Waals surface area (Å²) in [5.74, 6) is 1.42. The summed E-state index contributed by atoms with van der Waals surface area (Å²) in [5.41, 5.74) is 1.23. The third kappa shape index (κ3) is 3.05. The van der Waals surface area contributed by atoms with Crippen molar-refractivity contribution in [3.63, 3.8) is 0 Å². The lowest BCUT2D eigenvalue weighted by Crippen LogP contribution is -2.24. The lowest BCUT2D eigenvalue weighted by Gasteiger charge is -2.19. The number of nitrogens with one attached hydrogen (secondary N) is 1. The SMILES string of the molecule is CCNCC1CCOC1c1ccc(OC)c(Br)c1. The first kappa shape index (κ1) is 13.8. The van der Waals surface area contributed by atoms with Crippen molar-refractivity contribution in [2.45, 2.75) is 19.4 Å². The summed E-state index contributed by atoms with van der Waals surface area (Å²) in [6.07, 6.45) is 1.33. The van der Waals surface area contributed by atoms with E-state index in [9.17, 15) is 0 Å². The highest BCUT2D eigenvalue weighted by atomic mass is 79.9. The molecule has 0 amide bonds. The summed E-state index contributed by atoms with van der Waals surface area (Å²) < 4.78 is 12.1. The van der Waals surface area contributed by atoms with Crippen molar-refractivity contribution in [1.82, 2.24) is 5.32 Å². The molecule has 4 heteroatoms. The topological polar surface area (TPSA) is 30.5 Å². The number of methoxy groups -OCH3 is 1. The molecule has 1 aliphatic heterocycles. The fourth-order valence-corrected chi connectivity index (χ4v) is 2.96. The van der Waals surface area contributed by atoms with Gasteiger partial charge >= 0.3 is 0 Å². The maximum Gasteiger partial charge on any atom is 0.133 e. The molecule has 1 aliphatic rings. The Morgan fingerprint density at radius 2 is 2.33 bits per heavy atom. The molecule has 1 heterocycles. The summed E-state index contributed by atoms with van der Waals surface area (Å²) in [4.78, 5) is 0. The fourth-order valence-electron chi connectivity index (χ4n) is 2.40. The molecule has 1 saturated heterocycles. The standard InChI is InChI=1S/C14H20BrNO2/c1-3-16-9-11-6-7-18-14(11)10-4-5-13(17-2)12(15)8-10/h4-5,8,11,14,16H,3,6-7,9H2,1-2H3. The van der Waals surface area contributed by atoms with Crippen molar-refractivity contribution >= 4 is 15.9 Å². The fraction of sp³-hybridized carbons (Fsp3) is 0.571. The zero-order valence-electron chi connectivity index (χ0n) is 10.9. The molecule has 1 N–H and O–H groups in total. The van der Waals surface area contributed by atoms with E-state index in [1.54, 1.807) is 7.11 Å². The minimum Gasteiger partial charge on any atom is -0.496 e. The third-order valence-electron chi connectivity index (χ3n) is 3.38. The smallest absolute Gasteiger partial charge is 0.133 e. The Morgan fingerprint density at radius 1 is 1.50 bits per heavy atom. The summed E-state index contributed by atoms with van der Waals surface area (Å²) in [6.45, 7) is 5.01. The molecule has 1 fully saturated rings. The van der Waals surface area contributed by atoms with Gasteiger partial charge < -0.3 is 14.8 Å². The predicted molar refractivity (Wildman–Crippen MR) is 76.0 cm³/mol. The second-order valence-electron chi connectivity index (χ2n) is 4.54. The maximum atomic E-state index is 5.88. The van der Waals surface area contributed by atoms with E-state index in [0.29, 0.717) is 5.92 Å². The molecule has 0 bridgehead atoms. The molecule has 0 aliphatic carbocycles. The molecular formula is C14H20BrNO2. The number of benzene rings is 1. The second kappa shape index (κ2) is 6.55. The lowest BCUT2D eigenvalue weighted by molar-refractivity contribution is 0.0905. The Balaban J connectivity index is 2.12. The van der Waals surface area contributed by atoms with E-state index in [0.717, 1.165) is 36.3 Å². The van der Waals surface area contributed by atoms with Crippen molar-refractivity contribution in [2.75, 3.05) is 26.8 Å². The first-order valence-electron chi connectivity index (χ1n) is 6.42. The monoisotopic (exact) mass is 313 g/mol. The van der Waals surface area contributed by atoms with Crippen LogP contribution in [0.2, 0.25) is 0 Å².